The van der Waals surface area contributed by atoms with E-state index in [1.54, 1.807) is 5.01 Å². The summed E-state index contributed by atoms with van der Waals surface area (Å²) in [5.41, 5.74) is 1.69. The van der Waals surface area contributed by atoms with Crippen molar-refractivity contribution in [2.24, 2.45) is 10.1 Å². The van der Waals surface area contributed by atoms with Gasteiger partial charge in [-0.1, -0.05) is 60.6 Å². The van der Waals surface area contributed by atoms with Crippen LogP contribution in [-0.4, -0.2) is 22.2 Å². The fourth-order valence-corrected chi connectivity index (χ4v) is 3.89. The van der Waals surface area contributed by atoms with E-state index in [0.717, 1.165) is 22.6 Å². The molecular weight excluding hydrogens is 368 g/mol. The summed E-state index contributed by atoms with van der Waals surface area (Å²) >= 11 is 7.41. The third-order valence-corrected chi connectivity index (χ3v) is 5.43. The van der Waals surface area contributed by atoms with Crippen molar-refractivity contribution >= 4 is 40.1 Å². The van der Waals surface area contributed by atoms with Crippen molar-refractivity contribution in [1.82, 2.24) is 10.3 Å². The summed E-state index contributed by atoms with van der Waals surface area (Å²) < 4.78 is 0. The normalized spacial score (nSPS) is 18.5. The summed E-state index contributed by atoms with van der Waals surface area (Å²) in [5.74, 6) is 0.559. The number of rotatable bonds is 3. The van der Waals surface area contributed by atoms with Crippen molar-refractivity contribution in [1.29, 1.82) is 0 Å². The van der Waals surface area contributed by atoms with Crippen molar-refractivity contribution < 1.29 is 4.79 Å². The number of benzene rings is 2. The van der Waals surface area contributed by atoms with Crippen LogP contribution in [0.1, 0.15) is 18.9 Å². The highest BCUT2D eigenvalue weighted by Gasteiger charge is 2.32. The maximum atomic E-state index is 12.8. The van der Waals surface area contributed by atoms with Crippen LogP contribution in [0.5, 0.6) is 0 Å². The number of carbonyl (C=O) groups excluding carboxylic acids is 1. The molecule has 1 amide bonds. The minimum absolute atomic E-state index is 0.139. The number of fused-ring (bicyclic) bond motifs is 2. The summed E-state index contributed by atoms with van der Waals surface area (Å²) in [6.07, 6.45) is 0.598. The first-order valence-electron chi connectivity index (χ1n) is 8.39. The first-order valence-corrected chi connectivity index (χ1v) is 9.75. The molecule has 7 heteroatoms. The molecule has 4 rings (SSSR count). The number of hydrogen-bond acceptors (Lipinski definition) is 5. The number of carbonyl (C=O) groups is 1. The highest BCUT2D eigenvalue weighted by atomic mass is 35.5. The molecule has 0 aromatic heterocycles. The minimum Gasteiger partial charge on any atom is -0.298 e. The number of amidine groups is 1. The predicted molar refractivity (Wildman–Crippen MR) is 105 cm³/mol. The van der Waals surface area contributed by atoms with Gasteiger partial charge < -0.3 is 0 Å². The Morgan fingerprint density at radius 2 is 1.96 bits per heavy atom. The van der Waals surface area contributed by atoms with Crippen LogP contribution in [0.15, 0.2) is 58.6 Å². The molecule has 0 fully saturated rings. The number of para-hydroxylation sites is 1. The van der Waals surface area contributed by atoms with E-state index in [1.807, 2.05) is 55.5 Å². The molecule has 5 nitrogen and oxygen atoms in total. The summed E-state index contributed by atoms with van der Waals surface area (Å²) in [7, 11) is 0. The number of halogens is 1. The molecule has 132 valence electrons. The topological polar surface area (TPSA) is 57.1 Å². The monoisotopic (exact) mass is 384 g/mol. The molecule has 2 aromatic rings. The quantitative estimate of drug-likeness (QED) is 0.884. The smallest absolute Gasteiger partial charge is 0.276 e. The molecule has 0 saturated carbocycles. The predicted octanol–water partition coefficient (Wildman–Crippen LogP) is 2.45. The number of amides is 1. The van der Waals surface area contributed by atoms with Gasteiger partial charge in [0.05, 0.1) is 5.36 Å². The second-order valence-corrected chi connectivity index (χ2v) is 7.40. The zero-order chi connectivity index (χ0) is 18.1. The number of thioether (sulfide) groups is 1. The van der Waals surface area contributed by atoms with Gasteiger partial charge in [0.1, 0.15) is 11.9 Å². The Hall–Kier alpha value is -2.31. The van der Waals surface area contributed by atoms with Crippen molar-refractivity contribution in [2.75, 3.05) is 0 Å². The Labute approximate surface area is 160 Å². The highest BCUT2D eigenvalue weighted by Crippen LogP contribution is 2.23. The van der Waals surface area contributed by atoms with Gasteiger partial charge in [-0.25, -0.2) is 5.01 Å². The van der Waals surface area contributed by atoms with E-state index >= 15 is 0 Å². The molecule has 2 aromatic carbocycles. The fraction of sp³-hybridized carbons (Fsp3) is 0.211. The van der Waals surface area contributed by atoms with Crippen molar-refractivity contribution in [3.05, 3.63) is 69.7 Å². The van der Waals surface area contributed by atoms with E-state index in [2.05, 4.69) is 10.4 Å². The number of hydrazone groups is 1. The van der Waals surface area contributed by atoms with Crippen molar-refractivity contribution in [2.45, 2.75) is 25.3 Å². The van der Waals surface area contributed by atoms with Gasteiger partial charge in [-0.15, -0.1) is 5.10 Å². The molecule has 0 unspecified atom stereocenters. The number of hydrogen-bond donors (Lipinski definition) is 1. The van der Waals surface area contributed by atoms with Crippen LogP contribution in [0, 0.1) is 0 Å². The second kappa shape index (κ2) is 7.13. The Bertz CT molecular complexity index is 1000. The third-order valence-electron chi connectivity index (χ3n) is 4.25. The van der Waals surface area contributed by atoms with E-state index < -0.39 is 0 Å². The summed E-state index contributed by atoms with van der Waals surface area (Å²) in [5, 5.41) is 12.3. The average molecular weight is 385 g/mol. The lowest BCUT2D eigenvalue weighted by atomic mass is 10.1. The SMILES string of the molecule is CC[C@H]1N=c2ccccc2=C2C(=O)NC(SCc3ccc(Cl)cc3)=NN21. The molecule has 26 heavy (non-hydrogen) atoms. The van der Waals surface area contributed by atoms with Crippen LogP contribution >= 0.6 is 23.4 Å². The Morgan fingerprint density at radius 3 is 2.73 bits per heavy atom. The summed E-state index contributed by atoms with van der Waals surface area (Å²) in [6.45, 7) is 2.04. The molecule has 1 atom stereocenters. The van der Waals surface area contributed by atoms with Crippen LogP contribution < -0.4 is 15.9 Å². The Morgan fingerprint density at radius 1 is 1.19 bits per heavy atom. The molecule has 0 bridgehead atoms. The Balaban J connectivity index is 1.65. The molecule has 2 aliphatic heterocycles. The number of nitrogens with zero attached hydrogens (tertiary/aromatic N) is 3. The lowest BCUT2D eigenvalue weighted by Crippen LogP contribution is -2.52. The van der Waals surface area contributed by atoms with Crippen LogP contribution in [-0.2, 0) is 10.5 Å². The second-order valence-electron chi connectivity index (χ2n) is 6.00. The molecular formula is C19H17ClN4OS. The third kappa shape index (κ3) is 3.22. The summed E-state index contributed by atoms with van der Waals surface area (Å²) in [4.78, 5) is 17.5. The van der Waals surface area contributed by atoms with E-state index in [-0.39, 0.29) is 12.1 Å². The van der Waals surface area contributed by atoms with Crippen LogP contribution in [0.4, 0.5) is 0 Å². The van der Waals surface area contributed by atoms with E-state index in [0.29, 0.717) is 21.6 Å². The molecule has 0 spiro atoms. The standard InChI is InChI=1S/C19H17ClN4OS/c1-2-16-21-15-6-4-3-5-14(15)17-18(25)22-19(23-24(16)17)26-11-12-7-9-13(20)10-8-12/h3-10,16H,2,11H2,1H3,(H,22,23,25)/t16-/m0/s1. The largest absolute Gasteiger partial charge is 0.298 e. The fourth-order valence-electron chi connectivity index (χ4n) is 2.96. The van der Waals surface area contributed by atoms with Gasteiger partial charge in [0.25, 0.3) is 5.91 Å². The molecule has 1 N–H and O–H groups in total. The lowest BCUT2D eigenvalue weighted by Gasteiger charge is -2.33. The summed E-state index contributed by atoms with van der Waals surface area (Å²) in [6, 6.07) is 15.4. The van der Waals surface area contributed by atoms with E-state index in [9.17, 15) is 4.79 Å². The maximum Gasteiger partial charge on any atom is 0.276 e. The molecule has 2 aliphatic rings. The van der Waals surface area contributed by atoms with Gasteiger partial charge in [-0.3, -0.25) is 15.1 Å². The van der Waals surface area contributed by atoms with Crippen LogP contribution in [0.25, 0.3) is 5.70 Å². The van der Waals surface area contributed by atoms with E-state index in [4.69, 9.17) is 16.6 Å². The van der Waals surface area contributed by atoms with Gasteiger partial charge in [0.15, 0.2) is 5.17 Å². The highest BCUT2D eigenvalue weighted by molar-refractivity contribution is 8.13. The van der Waals surface area contributed by atoms with Gasteiger partial charge in [0, 0.05) is 16.0 Å². The van der Waals surface area contributed by atoms with E-state index in [1.165, 1.54) is 11.8 Å². The maximum absolute atomic E-state index is 12.8. The van der Waals surface area contributed by atoms with Gasteiger partial charge >= 0.3 is 0 Å². The zero-order valence-corrected chi connectivity index (χ0v) is 15.7. The minimum atomic E-state index is -0.169. The van der Waals surface area contributed by atoms with Gasteiger partial charge in [-0.2, -0.15) is 0 Å². The number of nitrogens with one attached hydrogen (secondary N) is 1. The Kier molecular flexibility index (Phi) is 4.70. The molecule has 0 radical (unpaired) electrons. The average Bonchev–Trinajstić information content (AvgIpc) is 2.66. The van der Waals surface area contributed by atoms with Crippen LogP contribution in [0.3, 0.4) is 0 Å². The first kappa shape index (κ1) is 17.1. The first-order chi connectivity index (χ1) is 12.7. The van der Waals surface area contributed by atoms with Gasteiger partial charge in [-0.05, 0) is 30.2 Å². The molecule has 0 aliphatic carbocycles. The van der Waals surface area contributed by atoms with Gasteiger partial charge in [0.2, 0.25) is 0 Å². The molecule has 0 saturated heterocycles. The zero-order valence-electron chi connectivity index (χ0n) is 14.1. The van der Waals surface area contributed by atoms with Crippen molar-refractivity contribution in [3.63, 3.8) is 0 Å². The van der Waals surface area contributed by atoms with Crippen LogP contribution in [0.2, 0.25) is 5.02 Å². The van der Waals surface area contributed by atoms with Crippen molar-refractivity contribution in [3.8, 4) is 0 Å². The molecule has 2 heterocycles. The lowest BCUT2D eigenvalue weighted by molar-refractivity contribution is -0.116.